The van der Waals surface area contributed by atoms with Crippen LogP contribution >= 0.6 is 0 Å². The van der Waals surface area contributed by atoms with Crippen molar-refractivity contribution in [3.63, 3.8) is 0 Å². The molecule has 0 aliphatic heterocycles. The molecule has 0 unspecified atom stereocenters. The summed E-state index contributed by atoms with van der Waals surface area (Å²) in [6.45, 7) is 1.79. The minimum Gasteiger partial charge on any atom is -0.390 e. The number of aromatic nitrogens is 2. The summed E-state index contributed by atoms with van der Waals surface area (Å²) in [7, 11) is 0. The Morgan fingerprint density at radius 2 is 1.66 bits per heavy atom. The molecule has 1 heterocycles. The summed E-state index contributed by atoms with van der Waals surface area (Å²) >= 11 is 0. The average Bonchev–Trinajstić information content (AvgIpc) is 2.93. The summed E-state index contributed by atoms with van der Waals surface area (Å²) in [5.41, 5.74) is 9.42. The number of hydrogen-bond donors (Lipinski definition) is 4. The van der Waals surface area contributed by atoms with E-state index in [0.29, 0.717) is 50.0 Å². The first-order valence-electron chi connectivity index (χ1n) is 13.9. The first kappa shape index (κ1) is 28.8. The molecule has 8 nitrogen and oxygen atoms in total. The van der Waals surface area contributed by atoms with Crippen molar-refractivity contribution in [2.45, 2.75) is 75.5 Å². The maximum Gasteiger partial charge on any atom is 0.315 e. The first-order valence-corrected chi connectivity index (χ1v) is 13.9. The van der Waals surface area contributed by atoms with Gasteiger partial charge < -0.3 is 21.5 Å². The Kier molecular flexibility index (Phi) is 8.15. The molecule has 2 fully saturated rings. The van der Waals surface area contributed by atoms with Gasteiger partial charge in [-0.2, -0.15) is 8.78 Å². The molecule has 10 heteroatoms. The van der Waals surface area contributed by atoms with Crippen LogP contribution in [0.3, 0.4) is 0 Å². The summed E-state index contributed by atoms with van der Waals surface area (Å²) in [5.74, 6) is -1.00. The second kappa shape index (κ2) is 11.6. The Labute approximate surface area is 237 Å². The van der Waals surface area contributed by atoms with E-state index >= 15 is 0 Å². The third kappa shape index (κ3) is 6.77. The topological polar surface area (TPSA) is 130 Å². The highest BCUT2D eigenvalue weighted by molar-refractivity contribution is 5.91. The molecule has 2 amide bonds. The summed E-state index contributed by atoms with van der Waals surface area (Å²) in [5, 5.41) is 24.2. The molecule has 41 heavy (non-hydrogen) atoms. The van der Waals surface area contributed by atoms with Crippen LogP contribution in [0.15, 0.2) is 60.7 Å². The number of nitrogens with zero attached hydrogens (tertiary/aromatic N) is 2. The molecule has 3 aromatic rings. The lowest BCUT2D eigenvalue weighted by molar-refractivity contribution is -0.132. The molecular weight excluding hydrogens is 528 g/mol. The van der Waals surface area contributed by atoms with Crippen molar-refractivity contribution in [1.82, 2.24) is 15.5 Å². The van der Waals surface area contributed by atoms with Gasteiger partial charge in [0.2, 0.25) is 5.91 Å². The fourth-order valence-corrected chi connectivity index (χ4v) is 6.21. The molecule has 0 atom stereocenters. The normalized spacial score (nSPS) is 25.8. The van der Waals surface area contributed by atoms with E-state index in [-0.39, 0.29) is 24.3 Å². The number of hydrogen-bond acceptors (Lipinski definition) is 6. The van der Waals surface area contributed by atoms with E-state index < -0.39 is 23.5 Å². The smallest absolute Gasteiger partial charge is 0.315 e. The molecule has 0 spiro atoms. The number of nitrogens with two attached hydrogens (primary N) is 1. The molecular formula is C31H35F2N5O3. The van der Waals surface area contributed by atoms with Crippen LogP contribution in [-0.4, -0.2) is 45.2 Å². The SMILES string of the molecule is CC1(O)CC(N)(c2ccc(-c3nnc(NC(=O)CC4CCC(NC(=O)C(F)F)CC4)cc3-c3ccccc3)cc2)C1. The number of nitrogens with one attached hydrogen (secondary N) is 2. The number of halogens is 2. The Hall–Kier alpha value is -3.76. The van der Waals surface area contributed by atoms with Crippen LogP contribution < -0.4 is 16.4 Å². The van der Waals surface area contributed by atoms with Crippen molar-refractivity contribution in [3.8, 4) is 22.4 Å². The molecule has 2 aromatic carbocycles. The minimum absolute atomic E-state index is 0.0965. The summed E-state index contributed by atoms with van der Waals surface area (Å²) in [4.78, 5) is 24.1. The van der Waals surface area contributed by atoms with Gasteiger partial charge in [-0.1, -0.05) is 54.6 Å². The number of alkyl halides is 2. The van der Waals surface area contributed by atoms with Crippen LogP contribution in [-0.2, 0) is 15.1 Å². The highest BCUT2D eigenvalue weighted by Crippen LogP contribution is 2.46. The van der Waals surface area contributed by atoms with Crippen molar-refractivity contribution in [2.24, 2.45) is 11.7 Å². The van der Waals surface area contributed by atoms with Crippen LogP contribution in [0, 0.1) is 5.92 Å². The zero-order chi connectivity index (χ0) is 29.2. The van der Waals surface area contributed by atoms with Gasteiger partial charge in [0.05, 0.1) is 5.60 Å². The van der Waals surface area contributed by atoms with Gasteiger partial charge in [0, 0.05) is 29.1 Å². The van der Waals surface area contributed by atoms with Crippen LogP contribution in [0.25, 0.3) is 22.4 Å². The van der Waals surface area contributed by atoms with Gasteiger partial charge in [-0.15, -0.1) is 10.2 Å². The molecule has 5 N–H and O–H groups in total. The molecule has 0 saturated heterocycles. The lowest BCUT2D eigenvalue weighted by Gasteiger charge is -2.49. The lowest BCUT2D eigenvalue weighted by Crippen LogP contribution is -2.58. The van der Waals surface area contributed by atoms with Gasteiger partial charge in [-0.25, -0.2) is 0 Å². The van der Waals surface area contributed by atoms with Crippen molar-refractivity contribution in [1.29, 1.82) is 0 Å². The summed E-state index contributed by atoms with van der Waals surface area (Å²) in [6.07, 6.45) is 0.709. The first-order chi connectivity index (χ1) is 19.5. The third-order valence-corrected chi connectivity index (χ3v) is 8.14. The second-order valence-corrected chi connectivity index (χ2v) is 11.7. The van der Waals surface area contributed by atoms with E-state index in [2.05, 4.69) is 20.8 Å². The zero-order valence-electron chi connectivity index (χ0n) is 22.9. The summed E-state index contributed by atoms with van der Waals surface area (Å²) < 4.78 is 25.0. The largest absolute Gasteiger partial charge is 0.390 e. The Morgan fingerprint density at radius 3 is 2.27 bits per heavy atom. The molecule has 1 aromatic heterocycles. The van der Waals surface area contributed by atoms with Crippen LogP contribution in [0.2, 0.25) is 0 Å². The van der Waals surface area contributed by atoms with Crippen molar-refractivity contribution in [2.75, 3.05) is 5.32 Å². The maximum atomic E-state index is 12.9. The Morgan fingerprint density at radius 1 is 1.00 bits per heavy atom. The Balaban J connectivity index is 1.27. The predicted octanol–water partition coefficient (Wildman–Crippen LogP) is 4.78. The van der Waals surface area contributed by atoms with Gasteiger partial charge in [-0.05, 0) is 68.6 Å². The van der Waals surface area contributed by atoms with Crippen LogP contribution in [0.4, 0.5) is 14.6 Å². The van der Waals surface area contributed by atoms with Gasteiger partial charge >= 0.3 is 6.43 Å². The van der Waals surface area contributed by atoms with Crippen LogP contribution in [0.5, 0.6) is 0 Å². The Bertz CT molecular complexity index is 1380. The van der Waals surface area contributed by atoms with E-state index in [1.165, 1.54) is 0 Å². The monoisotopic (exact) mass is 563 g/mol. The highest BCUT2D eigenvalue weighted by Gasteiger charge is 2.49. The minimum atomic E-state index is -3.02. The standard InChI is InChI=1S/C31H35F2N5O3/c1-30(41)17-31(34,18-30)22-11-9-21(10-12-22)27-24(20-5-3-2-4-6-20)16-25(37-38-27)36-26(39)15-19-7-13-23(14-8-19)35-29(40)28(32)33/h2-6,9-12,16,19,23,28,41H,7-8,13-15,17-18,34H2,1H3,(H,35,40)(H,36,37,39). The predicted molar refractivity (Wildman–Crippen MR) is 152 cm³/mol. The van der Waals surface area contributed by atoms with E-state index in [9.17, 15) is 23.5 Å². The number of benzene rings is 2. The van der Waals surface area contributed by atoms with Gasteiger partial charge in [-0.3, -0.25) is 9.59 Å². The molecule has 216 valence electrons. The molecule has 0 bridgehead atoms. The van der Waals surface area contributed by atoms with Crippen molar-refractivity contribution >= 4 is 17.6 Å². The number of carbonyl (C=O) groups excluding carboxylic acids is 2. The third-order valence-electron chi connectivity index (χ3n) is 8.14. The van der Waals surface area contributed by atoms with Gasteiger partial charge in [0.15, 0.2) is 5.82 Å². The molecule has 0 radical (unpaired) electrons. The lowest BCUT2D eigenvalue weighted by atomic mass is 9.63. The zero-order valence-corrected chi connectivity index (χ0v) is 22.9. The average molecular weight is 564 g/mol. The fourth-order valence-electron chi connectivity index (χ4n) is 6.21. The van der Waals surface area contributed by atoms with Gasteiger partial charge in [0.1, 0.15) is 5.69 Å². The number of anilines is 1. The summed E-state index contributed by atoms with van der Waals surface area (Å²) in [6, 6.07) is 19.1. The molecule has 5 rings (SSSR count). The van der Waals surface area contributed by atoms with E-state index in [4.69, 9.17) is 5.73 Å². The van der Waals surface area contributed by atoms with Crippen LogP contribution in [0.1, 0.15) is 57.4 Å². The number of aliphatic hydroxyl groups is 1. The number of amides is 2. The van der Waals surface area contributed by atoms with Crippen molar-refractivity contribution in [3.05, 3.63) is 66.2 Å². The number of rotatable bonds is 8. The molecule has 2 aliphatic carbocycles. The van der Waals surface area contributed by atoms with E-state index in [0.717, 1.165) is 22.3 Å². The van der Waals surface area contributed by atoms with E-state index in [1.807, 2.05) is 60.7 Å². The highest BCUT2D eigenvalue weighted by atomic mass is 19.3. The fraction of sp³-hybridized carbons (Fsp3) is 0.419. The molecule has 2 saturated carbocycles. The quantitative estimate of drug-likeness (QED) is 0.312. The second-order valence-electron chi connectivity index (χ2n) is 11.7. The van der Waals surface area contributed by atoms with Crippen molar-refractivity contribution < 1.29 is 23.5 Å². The van der Waals surface area contributed by atoms with Gasteiger partial charge in [0.25, 0.3) is 5.91 Å². The van der Waals surface area contributed by atoms with E-state index in [1.54, 1.807) is 6.92 Å². The maximum absolute atomic E-state index is 12.9. The number of carbonyl (C=O) groups is 2. The molecule has 2 aliphatic rings.